The van der Waals surface area contributed by atoms with Gasteiger partial charge in [0, 0.05) is 43.4 Å². The van der Waals surface area contributed by atoms with Gasteiger partial charge in [0.2, 0.25) is 0 Å². The van der Waals surface area contributed by atoms with Crippen LogP contribution in [-0.4, -0.2) is 67.7 Å². The minimum atomic E-state index is -1.22. The predicted molar refractivity (Wildman–Crippen MR) is 145 cm³/mol. The summed E-state index contributed by atoms with van der Waals surface area (Å²) in [4.78, 5) is 26.9. The maximum Gasteiger partial charge on any atom is 0.341 e. The second-order valence-electron chi connectivity index (χ2n) is 10.5. The second-order valence-corrected chi connectivity index (χ2v) is 10.5. The van der Waals surface area contributed by atoms with E-state index in [1.807, 2.05) is 29.8 Å². The molecule has 1 aromatic carbocycles. The molecular weight excluding hydrogens is 472 g/mol. The second kappa shape index (κ2) is 12.0. The largest absolute Gasteiger partial charge is 0.491 e. The zero-order valence-electron chi connectivity index (χ0n) is 23.1. The number of carbonyl (C=O) groups is 1. The molecule has 1 atom stereocenters. The van der Waals surface area contributed by atoms with Crippen LogP contribution in [0.15, 0.2) is 35.3 Å². The molecule has 0 amide bonds. The van der Waals surface area contributed by atoms with Crippen molar-refractivity contribution in [3.8, 4) is 5.75 Å². The number of carboxylic acids is 1. The van der Waals surface area contributed by atoms with E-state index in [1.54, 1.807) is 7.11 Å². The summed E-state index contributed by atoms with van der Waals surface area (Å²) in [6, 6.07) is 7.39. The molecule has 1 unspecified atom stereocenters. The van der Waals surface area contributed by atoms with Crippen LogP contribution in [-0.2, 0) is 9.47 Å². The van der Waals surface area contributed by atoms with E-state index in [0.29, 0.717) is 38.7 Å². The molecule has 3 rings (SSSR count). The molecule has 0 bridgehead atoms. The summed E-state index contributed by atoms with van der Waals surface area (Å²) in [5, 5.41) is 11.6. The van der Waals surface area contributed by atoms with E-state index in [-0.39, 0.29) is 17.0 Å². The van der Waals surface area contributed by atoms with Crippen molar-refractivity contribution in [1.29, 1.82) is 0 Å². The van der Waals surface area contributed by atoms with E-state index in [9.17, 15) is 14.7 Å². The first-order chi connectivity index (χ1) is 17.5. The van der Waals surface area contributed by atoms with Gasteiger partial charge in [-0.2, -0.15) is 0 Å². The van der Waals surface area contributed by atoms with Crippen LogP contribution in [0.2, 0.25) is 0 Å². The minimum Gasteiger partial charge on any atom is -0.491 e. The quantitative estimate of drug-likeness (QED) is 0.517. The molecule has 1 N–H and O–H groups in total. The Morgan fingerprint density at radius 3 is 2.49 bits per heavy atom. The van der Waals surface area contributed by atoms with E-state index in [1.165, 1.54) is 12.3 Å². The number of hydrogen-bond donors (Lipinski definition) is 1. The molecule has 2 heterocycles. The van der Waals surface area contributed by atoms with Crippen LogP contribution in [0, 0.1) is 5.41 Å². The number of pyridine rings is 1. The highest BCUT2D eigenvalue weighted by Gasteiger charge is 2.35. The smallest absolute Gasteiger partial charge is 0.341 e. The van der Waals surface area contributed by atoms with Gasteiger partial charge in [-0.05, 0) is 24.8 Å². The van der Waals surface area contributed by atoms with Crippen LogP contribution >= 0.6 is 0 Å². The van der Waals surface area contributed by atoms with Crippen molar-refractivity contribution in [2.45, 2.75) is 47.1 Å². The maximum absolute atomic E-state index is 12.9. The molecule has 8 heteroatoms. The molecule has 1 aliphatic heterocycles. The summed E-state index contributed by atoms with van der Waals surface area (Å²) in [6.45, 7) is 13.1. The first kappa shape index (κ1) is 28.5. The number of methoxy groups -OCH3 is 1. The van der Waals surface area contributed by atoms with Crippen LogP contribution in [0.5, 0.6) is 5.75 Å². The van der Waals surface area contributed by atoms with E-state index < -0.39 is 11.4 Å². The topological polar surface area (TPSA) is 90.2 Å². The summed E-state index contributed by atoms with van der Waals surface area (Å²) in [7, 11) is 3.66. The molecule has 0 radical (unpaired) electrons. The third-order valence-electron chi connectivity index (χ3n) is 6.87. The van der Waals surface area contributed by atoms with Gasteiger partial charge in [-0.15, -0.1) is 0 Å². The third-order valence-corrected chi connectivity index (χ3v) is 6.87. The van der Waals surface area contributed by atoms with Gasteiger partial charge in [-0.3, -0.25) is 4.79 Å². The van der Waals surface area contributed by atoms with Crippen LogP contribution in [0.1, 0.15) is 63.1 Å². The Morgan fingerprint density at radius 1 is 1.16 bits per heavy atom. The molecule has 0 saturated heterocycles. The Labute approximate surface area is 218 Å². The lowest BCUT2D eigenvalue weighted by atomic mass is 9.84. The highest BCUT2D eigenvalue weighted by atomic mass is 16.5. The van der Waals surface area contributed by atoms with Crippen molar-refractivity contribution < 1.29 is 24.1 Å². The number of hydrogen-bond acceptors (Lipinski definition) is 6. The molecule has 2 aromatic rings. The van der Waals surface area contributed by atoms with Gasteiger partial charge in [0.15, 0.2) is 5.43 Å². The summed E-state index contributed by atoms with van der Waals surface area (Å²) in [5.41, 5.74) is 1.84. The normalized spacial score (nSPS) is 17.9. The molecule has 1 aromatic heterocycles. The maximum atomic E-state index is 12.9. The lowest BCUT2D eigenvalue weighted by Gasteiger charge is -2.43. The fourth-order valence-corrected chi connectivity index (χ4v) is 4.75. The molecular formula is C29H40N2O6. The van der Waals surface area contributed by atoms with Gasteiger partial charge >= 0.3 is 5.97 Å². The van der Waals surface area contributed by atoms with Gasteiger partial charge in [-0.25, -0.2) is 4.79 Å². The molecule has 0 spiro atoms. The van der Waals surface area contributed by atoms with Gasteiger partial charge in [0.25, 0.3) is 0 Å². The number of rotatable bonds is 9. The Morgan fingerprint density at radius 2 is 1.86 bits per heavy atom. The molecule has 8 nitrogen and oxygen atoms in total. The predicted octanol–water partition coefficient (Wildman–Crippen LogP) is 2.86. The van der Waals surface area contributed by atoms with Gasteiger partial charge in [-0.1, -0.05) is 45.4 Å². The van der Waals surface area contributed by atoms with Crippen LogP contribution < -0.4 is 20.6 Å². The molecule has 1 aliphatic rings. The lowest BCUT2D eigenvalue weighted by molar-refractivity contribution is 0.0542. The van der Waals surface area contributed by atoms with Crippen molar-refractivity contribution in [3.05, 3.63) is 62.4 Å². The van der Waals surface area contributed by atoms with Crippen molar-refractivity contribution in [2.24, 2.45) is 5.41 Å². The Bertz CT molecular complexity index is 1310. The molecule has 0 fully saturated rings. The Hall–Kier alpha value is -3.10. The number of ether oxygens (including phenoxy) is 3. The zero-order chi connectivity index (χ0) is 27.3. The standard InChI is InChI=1S/C29H40N2O6/c1-8-19(2)26-20(10-9-11-24(26)37-15-14-36-13-12-35-7)27-22-16-23(32)21(28(33)34)17-31(22)25(18-30(27)6)29(3,4)5/h9-11,16-17,25H,8,12-15,18H2,1-7H3,(H,33,34)/b26-19?,27-20-. The average Bonchev–Trinajstić information content (AvgIpc) is 2.84. The van der Waals surface area contributed by atoms with Crippen molar-refractivity contribution in [2.75, 3.05) is 47.1 Å². The number of nitrogens with zero attached hydrogens (tertiary/aromatic N) is 2. The highest BCUT2D eigenvalue weighted by molar-refractivity contribution is 5.87. The average molecular weight is 513 g/mol. The number of aromatic carboxylic acids is 1. The number of carboxylic acid groups (broad SMARTS) is 1. The van der Waals surface area contributed by atoms with Gasteiger partial charge in [0.1, 0.15) is 17.9 Å². The molecule has 0 aliphatic carbocycles. The highest BCUT2D eigenvalue weighted by Crippen LogP contribution is 2.37. The van der Waals surface area contributed by atoms with Crippen LogP contribution in [0.4, 0.5) is 0 Å². The van der Waals surface area contributed by atoms with Crippen LogP contribution in [0.25, 0.3) is 11.3 Å². The van der Waals surface area contributed by atoms with E-state index in [2.05, 4.69) is 39.5 Å². The van der Waals surface area contributed by atoms with E-state index >= 15 is 0 Å². The Balaban J connectivity index is 2.28. The molecule has 37 heavy (non-hydrogen) atoms. The number of likely N-dealkylation sites (N-methyl/N-ethyl adjacent to an activating group) is 1. The van der Waals surface area contributed by atoms with Gasteiger partial charge < -0.3 is 28.8 Å². The summed E-state index contributed by atoms with van der Waals surface area (Å²) in [6.07, 6.45) is 2.33. The Kier molecular flexibility index (Phi) is 9.21. The van der Waals surface area contributed by atoms with E-state index in [4.69, 9.17) is 14.2 Å². The first-order valence-corrected chi connectivity index (χ1v) is 12.7. The summed E-state index contributed by atoms with van der Waals surface area (Å²) >= 11 is 0. The van der Waals surface area contributed by atoms with Crippen molar-refractivity contribution in [1.82, 2.24) is 9.47 Å². The molecule has 202 valence electrons. The minimum absolute atomic E-state index is 0.0293. The van der Waals surface area contributed by atoms with Gasteiger partial charge in [0.05, 0.1) is 37.3 Å². The fraction of sp³-hybridized carbons (Fsp3) is 0.517. The number of benzene rings is 1. The SMILES string of the molecule is CCC(C)=c1c(OCCOCCOC)ccc/c1=C1\c2cc(=O)c(C(=O)O)cn2C(C(C)(C)C)CN1C. The fourth-order valence-electron chi connectivity index (χ4n) is 4.75. The monoisotopic (exact) mass is 512 g/mol. The number of fused-ring (bicyclic) bond motifs is 1. The van der Waals surface area contributed by atoms with Crippen molar-refractivity contribution in [3.63, 3.8) is 0 Å². The summed E-state index contributed by atoms with van der Waals surface area (Å²) < 4.78 is 18.7. The molecule has 0 saturated carbocycles. The third kappa shape index (κ3) is 6.25. The van der Waals surface area contributed by atoms with E-state index in [0.717, 1.165) is 33.9 Å². The lowest BCUT2D eigenvalue weighted by Crippen LogP contribution is -2.46. The van der Waals surface area contributed by atoms with Crippen LogP contribution in [0.3, 0.4) is 0 Å². The zero-order valence-corrected chi connectivity index (χ0v) is 23.1. The van der Waals surface area contributed by atoms with Crippen molar-refractivity contribution >= 4 is 17.2 Å². The summed E-state index contributed by atoms with van der Waals surface area (Å²) in [5.74, 6) is -0.463. The number of aromatic nitrogens is 1. The first-order valence-electron chi connectivity index (χ1n) is 12.7.